The second kappa shape index (κ2) is 5.69. The van der Waals surface area contributed by atoms with Crippen molar-refractivity contribution in [2.24, 2.45) is 0 Å². The molecule has 6 heteroatoms. The number of halogens is 2. The van der Waals surface area contributed by atoms with Crippen molar-refractivity contribution in [3.63, 3.8) is 0 Å². The number of carbonyl (C=O) groups excluding carboxylic acids is 1. The number of hydrogen-bond acceptors (Lipinski definition) is 3. The first-order valence-electron chi connectivity index (χ1n) is 7.12. The Kier molecular flexibility index (Phi) is 3.91. The Labute approximate surface area is 121 Å². The van der Waals surface area contributed by atoms with E-state index in [0.717, 1.165) is 31.4 Å². The van der Waals surface area contributed by atoms with Crippen LogP contribution in [0.15, 0.2) is 18.2 Å². The van der Waals surface area contributed by atoms with Crippen LogP contribution in [0.3, 0.4) is 0 Å². The average Bonchev–Trinajstić information content (AvgIpc) is 2.86. The lowest BCUT2D eigenvalue weighted by atomic mass is 9.89. The molecule has 3 rings (SSSR count). The van der Waals surface area contributed by atoms with Gasteiger partial charge in [-0.2, -0.15) is 0 Å². The molecule has 114 valence electrons. The van der Waals surface area contributed by atoms with Crippen LogP contribution in [0.1, 0.15) is 36.0 Å². The van der Waals surface area contributed by atoms with Crippen LogP contribution in [0.4, 0.5) is 8.78 Å². The number of rotatable bonds is 2. The zero-order valence-corrected chi connectivity index (χ0v) is 11.5. The second-order valence-electron chi connectivity index (χ2n) is 5.50. The van der Waals surface area contributed by atoms with Crippen LogP contribution < -0.4 is 5.32 Å². The van der Waals surface area contributed by atoms with E-state index in [-0.39, 0.29) is 11.6 Å². The first kappa shape index (κ1) is 14.4. The van der Waals surface area contributed by atoms with Gasteiger partial charge < -0.3 is 14.8 Å². The predicted molar refractivity (Wildman–Crippen MR) is 70.7 cm³/mol. The van der Waals surface area contributed by atoms with E-state index in [9.17, 15) is 13.6 Å². The number of carbonyl (C=O) groups is 1. The highest BCUT2D eigenvalue weighted by atomic mass is 19.1. The maximum atomic E-state index is 13.6. The van der Waals surface area contributed by atoms with Crippen molar-refractivity contribution in [1.82, 2.24) is 5.32 Å². The fourth-order valence-corrected chi connectivity index (χ4v) is 3.02. The molecule has 1 saturated heterocycles. The van der Waals surface area contributed by atoms with Crippen molar-refractivity contribution in [1.29, 1.82) is 0 Å². The summed E-state index contributed by atoms with van der Waals surface area (Å²) in [6.45, 7) is 1.13. The predicted octanol–water partition coefficient (Wildman–Crippen LogP) is 2.38. The molecular weight excluding hydrogens is 280 g/mol. The summed E-state index contributed by atoms with van der Waals surface area (Å²) in [7, 11) is 0. The summed E-state index contributed by atoms with van der Waals surface area (Å²) in [4.78, 5) is 12.1. The third-order valence-corrected chi connectivity index (χ3v) is 3.99. The monoisotopic (exact) mass is 297 g/mol. The summed E-state index contributed by atoms with van der Waals surface area (Å²) in [6.07, 6.45) is 3.03. The van der Waals surface area contributed by atoms with Gasteiger partial charge in [-0.15, -0.1) is 0 Å². The molecule has 2 aliphatic rings. The zero-order valence-electron chi connectivity index (χ0n) is 11.5. The minimum absolute atomic E-state index is 0.131. The summed E-state index contributed by atoms with van der Waals surface area (Å²) in [6, 6.07) is 2.80. The molecule has 1 aromatic rings. The van der Waals surface area contributed by atoms with E-state index in [0.29, 0.717) is 25.7 Å². The van der Waals surface area contributed by atoms with Gasteiger partial charge in [-0.3, -0.25) is 4.79 Å². The first-order valence-corrected chi connectivity index (χ1v) is 7.12. The lowest BCUT2D eigenvalue weighted by molar-refractivity contribution is -0.181. The largest absolute Gasteiger partial charge is 0.349 e. The summed E-state index contributed by atoms with van der Waals surface area (Å²) in [5.41, 5.74) is -0.149. The first-order chi connectivity index (χ1) is 10.1. The van der Waals surface area contributed by atoms with Crippen molar-refractivity contribution in [3.8, 4) is 0 Å². The van der Waals surface area contributed by atoms with Gasteiger partial charge in [-0.1, -0.05) is 0 Å². The molecule has 21 heavy (non-hydrogen) atoms. The van der Waals surface area contributed by atoms with E-state index in [1.165, 1.54) is 0 Å². The van der Waals surface area contributed by atoms with E-state index in [1.54, 1.807) is 0 Å². The zero-order chi connectivity index (χ0) is 14.9. The molecule has 0 radical (unpaired) electrons. The molecule has 1 N–H and O–H groups in total. The van der Waals surface area contributed by atoms with Gasteiger partial charge in [0.2, 0.25) is 0 Å². The van der Waals surface area contributed by atoms with Gasteiger partial charge in [0.1, 0.15) is 11.6 Å². The molecule has 1 atom stereocenters. The van der Waals surface area contributed by atoms with Crippen molar-refractivity contribution < 1.29 is 23.0 Å². The molecule has 1 aromatic carbocycles. The molecular formula is C15H17F2NO3. The summed E-state index contributed by atoms with van der Waals surface area (Å²) >= 11 is 0. The van der Waals surface area contributed by atoms with Crippen LogP contribution in [-0.2, 0) is 9.47 Å². The van der Waals surface area contributed by atoms with Crippen LogP contribution in [0.2, 0.25) is 0 Å². The van der Waals surface area contributed by atoms with Gasteiger partial charge in [0.05, 0.1) is 18.8 Å². The van der Waals surface area contributed by atoms with Gasteiger partial charge in [-0.25, -0.2) is 8.78 Å². The molecule has 0 aromatic heterocycles. The van der Waals surface area contributed by atoms with E-state index < -0.39 is 23.3 Å². The van der Waals surface area contributed by atoms with E-state index in [1.807, 2.05) is 0 Å². The molecule has 4 nitrogen and oxygen atoms in total. The standard InChI is InChI=1S/C15H17F2NO3/c16-10-3-4-12(13(17)8-10)14(19)18-11-2-1-5-15(9-11)20-6-7-21-15/h3-4,8,11H,1-2,5-7,9H2,(H,18,19)/t11-/m1/s1. The minimum atomic E-state index is -0.855. The van der Waals surface area contributed by atoms with Gasteiger partial charge in [0.15, 0.2) is 5.79 Å². The quantitative estimate of drug-likeness (QED) is 0.911. The molecule has 0 bridgehead atoms. The Balaban J connectivity index is 1.67. The number of benzene rings is 1. The van der Waals surface area contributed by atoms with Crippen LogP contribution >= 0.6 is 0 Å². The number of ether oxygens (including phenoxy) is 2. The van der Waals surface area contributed by atoms with E-state index in [4.69, 9.17) is 9.47 Å². The van der Waals surface area contributed by atoms with E-state index >= 15 is 0 Å². The fraction of sp³-hybridized carbons (Fsp3) is 0.533. The average molecular weight is 297 g/mol. The Morgan fingerprint density at radius 1 is 1.29 bits per heavy atom. The van der Waals surface area contributed by atoms with Gasteiger partial charge in [-0.05, 0) is 25.0 Å². The lowest BCUT2D eigenvalue weighted by Crippen LogP contribution is -2.46. The Morgan fingerprint density at radius 2 is 2.05 bits per heavy atom. The van der Waals surface area contributed by atoms with Gasteiger partial charge in [0, 0.05) is 24.9 Å². The normalized spacial score (nSPS) is 24.2. The van der Waals surface area contributed by atoms with Crippen molar-refractivity contribution in [3.05, 3.63) is 35.4 Å². The third-order valence-electron chi connectivity index (χ3n) is 3.99. The van der Waals surface area contributed by atoms with Crippen molar-refractivity contribution in [2.45, 2.75) is 37.5 Å². The highest BCUT2D eigenvalue weighted by molar-refractivity contribution is 5.94. The van der Waals surface area contributed by atoms with Crippen molar-refractivity contribution in [2.75, 3.05) is 13.2 Å². The maximum absolute atomic E-state index is 13.6. The maximum Gasteiger partial charge on any atom is 0.254 e. The summed E-state index contributed by atoms with van der Waals surface area (Å²) in [5, 5.41) is 2.79. The second-order valence-corrected chi connectivity index (χ2v) is 5.50. The van der Waals surface area contributed by atoms with Crippen molar-refractivity contribution >= 4 is 5.91 Å². The number of amides is 1. The highest BCUT2D eigenvalue weighted by Gasteiger charge is 2.41. The molecule has 1 aliphatic heterocycles. The van der Waals surface area contributed by atoms with Crippen LogP contribution in [-0.4, -0.2) is 30.9 Å². The van der Waals surface area contributed by atoms with E-state index in [2.05, 4.69) is 5.32 Å². The van der Waals surface area contributed by atoms with Gasteiger partial charge in [0.25, 0.3) is 5.91 Å². The smallest absolute Gasteiger partial charge is 0.254 e. The number of nitrogens with one attached hydrogen (secondary N) is 1. The van der Waals surface area contributed by atoms with Crippen LogP contribution in [0.25, 0.3) is 0 Å². The molecule has 2 fully saturated rings. The summed E-state index contributed by atoms with van der Waals surface area (Å²) in [5.74, 6) is -2.69. The lowest BCUT2D eigenvalue weighted by Gasteiger charge is -2.36. The molecule has 1 aliphatic carbocycles. The Morgan fingerprint density at radius 3 is 2.76 bits per heavy atom. The minimum Gasteiger partial charge on any atom is -0.349 e. The number of hydrogen-bond donors (Lipinski definition) is 1. The van der Waals surface area contributed by atoms with Gasteiger partial charge >= 0.3 is 0 Å². The highest BCUT2D eigenvalue weighted by Crippen LogP contribution is 2.35. The fourth-order valence-electron chi connectivity index (χ4n) is 3.02. The molecule has 1 heterocycles. The van der Waals surface area contributed by atoms with Crippen LogP contribution in [0.5, 0.6) is 0 Å². The Bertz CT molecular complexity index is 544. The Hall–Kier alpha value is -1.53. The molecule has 1 amide bonds. The molecule has 0 unspecified atom stereocenters. The molecule has 1 spiro atoms. The SMILES string of the molecule is O=C(N[C@@H]1CCCC2(C1)OCCO2)c1ccc(F)cc1F. The summed E-state index contributed by atoms with van der Waals surface area (Å²) < 4.78 is 37.7. The topological polar surface area (TPSA) is 47.6 Å². The molecule has 1 saturated carbocycles. The van der Waals surface area contributed by atoms with Crippen LogP contribution in [0, 0.1) is 11.6 Å². The third kappa shape index (κ3) is 3.06.